The first-order chi connectivity index (χ1) is 4.41. The predicted molar refractivity (Wildman–Crippen MR) is 47.2 cm³/mol. The first-order valence-corrected chi connectivity index (χ1v) is 3.53. The van der Waals surface area contributed by atoms with E-state index in [0.717, 1.165) is 32.7 Å². The number of hydrogen-bond acceptors (Lipinski definition) is 3. The molecule has 0 aromatic heterocycles. The minimum absolute atomic E-state index is 0. The Bertz CT molecular complexity index is 32.6. The van der Waals surface area contributed by atoms with Crippen LogP contribution in [0.1, 0.15) is 14.4 Å². The van der Waals surface area contributed by atoms with Crippen LogP contribution < -0.4 is 16.4 Å². The summed E-state index contributed by atoms with van der Waals surface area (Å²) >= 11 is 0. The van der Waals surface area contributed by atoms with Crippen LogP contribution in [0.2, 0.25) is 0 Å². The van der Waals surface area contributed by atoms with Crippen molar-refractivity contribution in [3.63, 3.8) is 0 Å². The van der Waals surface area contributed by atoms with Gasteiger partial charge < -0.3 is 16.4 Å². The molecule has 0 radical (unpaired) electrons. The third kappa shape index (κ3) is 10.8. The Morgan fingerprint density at radius 1 is 1.10 bits per heavy atom. The molecule has 0 amide bonds. The smallest absolute Gasteiger partial charge is 0.00772 e. The van der Waals surface area contributed by atoms with Crippen molar-refractivity contribution in [2.75, 3.05) is 32.7 Å². The molecule has 64 valence electrons. The average molecular weight is 147 g/mol. The fourth-order valence-corrected chi connectivity index (χ4v) is 0.604. The molecule has 4 N–H and O–H groups in total. The van der Waals surface area contributed by atoms with Crippen molar-refractivity contribution in [2.24, 2.45) is 5.73 Å². The Kier molecular flexibility index (Phi) is 14.6. The SMILES string of the molecule is C.C1CNCCN1.CCN. The zero-order valence-electron chi connectivity index (χ0n) is 6.11. The number of rotatable bonds is 0. The second kappa shape index (κ2) is 11.6. The van der Waals surface area contributed by atoms with Crippen LogP contribution >= 0.6 is 0 Å². The van der Waals surface area contributed by atoms with Gasteiger partial charge in [0.25, 0.3) is 0 Å². The van der Waals surface area contributed by atoms with Gasteiger partial charge in [-0.05, 0) is 6.54 Å². The Hall–Kier alpha value is -0.120. The third-order valence-electron chi connectivity index (χ3n) is 0.957. The summed E-state index contributed by atoms with van der Waals surface area (Å²) < 4.78 is 0. The van der Waals surface area contributed by atoms with E-state index in [0.29, 0.717) is 0 Å². The van der Waals surface area contributed by atoms with Crippen LogP contribution in [0, 0.1) is 0 Å². The number of nitrogens with two attached hydrogens (primary N) is 1. The van der Waals surface area contributed by atoms with Crippen LogP contribution in [0.5, 0.6) is 0 Å². The standard InChI is InChI=1S/C4H10N2.C2H7N.CH4/c1-2-6-4-3-5-1;1-2-3;/h5-6H,1-4H2;2-3H2,1H3;1H4. The van der Waals surface area contributed by atoms with E-state index in [2.05, 4.69) is 10.6 Å². The van der Waals surface area contributed by atoms with Gasteiger partial charge in [0.15, 0.2) is 0 Å². The highest BCUT2D eigenvalue weighted by molar-refractivity contribution is 4.59. The summed E-state index contributed by atoms with van der Waals surface area (Å²) in [7, 11) is 0. The summed E-state index contributed by atoms with van der Waals surface area (Å²) in [5, 5.41) is 6.44. The van der Waals surface area contributed by atoms with Crippen molar-refractivity contribution in [1.29, 1.82) is 0 Å². The van der Waals surface area contributed by atoms with Gasteiger partial charge in [-0.1, -0.05) is 14.4 Å². The first-order valence-electron chi connectivity index (χ1n) is 3.53. The van der Waals surface area contributed by atoms with Crippen molar-refractivity contribution in [3.8, 4) is 0 Å². The van der Waals surface area contributed by atoms with Crippen molar-refractivity contribution in [3.05, 3.63) is 0 Å². The first kappa shape index (κ1) is 12.5. The quantitative estimate of drug-likeness (QED) is 0.444. The summed E-state index contributed by atoms with van der Waals surface area (Å²) in [6.45, 7) is 7.21. The lowest BCUT2D eigenvalue weighted by Gasteiger charge is -2.11. The molecule has 3 nitrogen and oxygen atoms in total. The molecule has 0 bridgehead atoms. The molecule has 0 spiro atoms. The van der Waals surface area contributed by atoms with Crippen LogP contribution in [0.15, 0.2) is 0 Å². The highest BCUT2D eigenvalue weighted by Crippen LogP contribution is 1.65. The van der Waals surface area contributed by atoms with E-state index in [9.17, 15) is 0 Å². The van der Waals surface area contributed by atoms with Gasteiger partial charge in [0.2, 0.25) is 0 Å². The topological polar surface area (TPSA) is 50.1 Å². The molecule has 1 aliphatic heterocycles. The van der Waals surface area contributed by atoms with Crippen molar-refractivity contribution >= 4 is 0 Å². The van der Waals surface area contributed by atoms with Crippen LogP contribution in [0.25, 0.3) is 0 Å². The van der Waals surface area contributed by atoms with E-state index in [1.54, 1.807) is 0 Å². The minimum atomic E-state index is 0. The highest BCUT2D eigenvalue weighted by atomic mass is 15.0. The van der Waals surface area contributed by atoms with Crippen LogP contribution in [0.4, 0.5) is 0 Å². The third-order valence-corrected chi connectivity index (χ3v) is 0.957. The minimum Gasteiger partial charge on any atom is -0.331 e. The number of nitrogens with one attached hydrogen (secondary N) is 2. The Morgan fingerprint density at radius 3 is 1.40 bits per heavy atom. The highest BCUT2D eigenvalue weighted by Gasteiger charge is 1.91. The van der Waals surface area contributed by atoms with Gasteiger partial charge in [0, 0.05) is 26.2 Å². The van der Waals surface area contributed by atoms with E-state index in [-0.39, 0.29) is 7.43 Å². The maximum absolute atomic E-state index is 4.85. The molecule has 10 heavy (non-hydrogen) atoms. The molecule has 0 atom stereocenters. The lowest BCUT2D eigenvalue weighted by Crippen LogP contribution is -2.39. The summed E-state index contributed by atoms with van der Waals surface area (Å²) in [5.74, 6) is 0. The number of hydrogen-bond donors (Lipinski definition) is 3. The molecule has 3 heteroatoms. The van der Waals surface area contributed by atoms with Gasteiger partial charge in [-0.3, -0.25) is 0 Å². The molecular formula is C7H21N3. The average Bonchev–Trinajstić information content (AvgIpc) is 1.93. The van der Waals surface area contributed by atoms with E-state index in [4.69, 9.17) is 5.73 Å². The lowest BCUT2D eigenvalue weighted by atomic mass is 10.4. The summed E-state index contributed by atoms with van der Waals surface area (Å²) in [6, 6.07) is 0. The largest absolute Gasteiger partial charge is 0.331 e. The van der Waals surface area contributed by atoms with E-state index in [1.807, 2.05) is 6.92 Å². The molecular weight excluding hydrogens is 126 g/mol. The van der Waals surface area contributed by atoms with Gasteiger partial charge in [0.05, 0.1) is 0 Å². The molecule has 1 rings (SSSR count). The molecule has 1 saturated heterocycles. The maximum Gasteiger partial charge on any atom is 0.00772 e. The van der Waals surface area contributed by atoms with Gasteiger partial charge >= 0.3 is 0 Å². The molecule has 0 saturated carbocycles. The molecule has 1 aliphatic rings. The van der Waals surface area contributed by atoms with Crippen LogP contribution in [0.3, 0.4) is 0 Å². The van der Waals surface area contributed by atoms with E-state index >= 15 is 0 Å². The molecule has 0 aromatic rings. The van der Waals surface area contributed by atoms with Crippen LogP contribution in [-0.4, -0.2) is 32.7 Å². The normalized spacial score (nSPS) is 16.2. The second-order valence-corrected chi connectivity index (χ2v) is 1.91. The van der Waals surface area contributed by atoms with Gasteiger partial charge in [-0.25, -0.2) is 0 Å². The molecule has 0 unspecified atom stereocenters. The Morgan fingerprint density at radius 2 is 1.30 bits per heavy atom. The van der Waals surface area contributed by atoms with Crippen molar-refractivity contribution in [1.82, 2.24) is 10.6 Å². The van der Waals surface area contributed by atoms with E-state index < -0.39 is 0 Å². The fraction of sp³-hybridized carbons (Fsp3) is 1.00. The van der Waals surface area contributed by atoms with E-state index in [1.165, 1.54) is 0 Å². The van der Waals surface area contributed by atoms with Crippen LogP contribution in [-0.2, 0) is 0 Å². The zero-order valence-corrected chi connectivity index (χ0v) is 6.11. The molecule has 1 heterocycles. The molecule has 1 fully saturated rings. The second-order valence-electron chi connectivity index (χ2n) is 1.91. The summed E-state index contributed by atoms with van der Waals surface area (Å²) in [6.07, 6.45) is 0. The Labute approximate surface area is 64.4 Å². The van der Waals surface area contributed by atoms with Gasteiger partial charge in [-0.15, -0.1) is 0 Å². The van der Waals surface area contributed by atoms with Gasteiger partial charge in [0.1, 0.15) is 0 Å². The zero-order chi connectivity index (χ0) is 6.95. The predicted octanol–water partition coefficient (Wildman–Crippen LogP) is -0.220. The lowest BCUT2D eigenvalue weighted by molar-refractivity contribution is 0.534. The molecule has 0 aliphatic carbocycles. The summed E-state index contributed by atoms with van der Waals surface area (Å²) in [4.78, 5) is 0. The maximum atomic E-state index is 4.85. The van der Waals surface area contributed by atoms with Gasteiger partial charge in [-0.2, -0.15) is 0 Å². The molecule has 0 aromatic carbocycles. The van der Waals surface area contributed by atoms with Crippen molar-refractivity contribution < 1.29 is 0 Å². The Balaban J connectivity index is 0. The number of piperazine rings is 1. The fourth-order valence-electron chi connectivity index (χ4n) is 0.604. The van der Waals surface area contributed by atoms with Crippen molar-refractivity contribution in [2.45, 2.75) is 14.4 Å². The summed E-state index contributed by atoms with van der Waals surface area (Å²) in [5.41, 5.74) is 4.85. The monoisotopic (exact) mass is 147 g/mol.